The molecule has 24 heavy (non-hydrogen) atoms. The van der Waals surface area contributed by atoms with E-state index >= 15 is 0 Å². The number of fused-ring (bicyclic) bond motifs is 3. The minimum atomic E-state index is -0.247. The first kappa shape index (κ1) is 14.4. The summed E-state index contributed by atoms with van der Waals surface area (Å²) in [5.74, 6) is 0.690. The first-order valence-corrected chi connectivity index (χ1v) is 7.83. The molecule has 2 N–H and O–H groups in total. The fourth-order valence-electron chi connectivity index (χ4n) is 2.98. The van der Waals surface area contributed by atoms with Crippen molar-refractivity contribution in [2.45, 2.75) is 13.0 Å². The predicted octanol–water partition coefficient (Wildman–Crippen LogP) is 2.00. The summed E-state index contributed by atoms with van der Waals surface area (Å²) in [4.78, 5) is 28.2. The molecule has 1 aliphatic heterocycles. The largest absolute Gasteiger partial charge is 0.369 e. The predicted molar refractivity (Wildman–Crippen MR) is 93.3 cm³/mol. The van der Waals surface area contributed by atoms with Crippen molar-refractivity contribution in [1.82, 2.24) is 9.55 Å². The van der Waals surface area contributed by atoms with Crippen LogP contribution in [0.4, 0.5) is 11.5 Å². The van der Waals surface area contributed by atoms with E-state index in [1.807, 2.05) is 36.4 Å². The zero-order valence-corrected chi connectivity index (χ0v) is 13.0. The second kappa shape index (κ2) is 5.81. The van der Waals surface area contributed by atoms with Gasteiger partial charge < -0.3 is 10.6 Å². The SMILES string of the molecule is O=C(Cc1ccccc1)Nc1ccc2nc(=O)n3c(c2c1)NCC3. The molecule has 6 heteroatoms. The molecule has 3 aromatic rings. The molecule has 0 atom stereocenters. The molecule has 1 aromatic heterocycles. The fraction of sp³-hybridized carbons (Fsp3) is 0.167. The van der Waals surface area contributed by atoms with Gasteiger partial charge in [0.25, 0.3) is 0 Å². The summed E-state index contributed by atoms with van der Waals surface area (Å²) in [5, 5.41) is 6.96. The molecular weight excluding hydrogens is 304 g/mol. The van der Waals surface area contributed by atoms with Gasteiger partial charge >= 0.3 is 5.69 Å². The minimum Gasteiger partial charge on any atom is -0.369 e. The van der Waals surface area contributed by atoms with Gasteiger partial charge in [-0.2, -0.15) is 4.98 Å². The van der Waals surface area contributed by atoms with Crippen molar-refractivity contribution >= 4 is 28.3 Å². The molecule has 1 amide bonds. The Bertz CT molecular complexity index is 979. The maximum Gasteiger partial charge on any atom is 0.349 e. The van der Waals surface area contributed by atoms with Gasteiger partial charge in [0.2, 0.25) is 5.91 Å². The van der Waals surface area contributed by atoms with E-state index in [-0.39, 0.29) is 11.6 Å². The number of anilines is 2. The Hall–Kier alpha value is -3.15. The molecule has 0 unspecified atom stereocenters. The van der Waals surface area contributed by atoms with Gasteiger partial charge in [0.15, 0.2) is 0 Å². The molecule has 2 aromatic carbocycles. The number of carbonyl (C=O) groups excluding carboxylic acids is 1. The van der Waals surface area contributed by atoms with Crippen LogP contribution >= 0.6 is 0 Å². The molecule has 0 radical (unpaired) electrons. The van der Waals surface area contributed by atoms with Gasteiger partial charge in [0.05, 0.1) is 11.9 Å². The lowest BCUT2D eigenvalue weighted by Crippen LogP contribution is -2.21. The van der Waals surface area contributed by atoms with Crippen molar-refractivity contribution in [3.05, 3.63) is 64.6 Å². The number of hydrogen-bond acceptors (Lipinski definition) is 4. The third-order valence-corrected chi connectivity index (χ3v) is 4.09. The molecule has 0 saturated carbocycles. The van der Waals surface area contributed by atoms with Crippen LogP contribution < -0.4 is 16.3 Å². The van der Waals surface area contributed by atoms with Gasteiger partial charge in [-0.15, -0.1) is 0 Å². The highest BCUT2D eigenvalue weighted by Crippen LogP contribution is 2.26. The number of amides is 1. The van der Waals surface area contributed by atoms with Crippen LogP contribution in [0.25, 0.3) is 10.9 Å². The molecule has 6 nitrogen and oxygen atoms in total. The van der Waals surface area contributed by atoms with Crippen molar-refractivity contribution in [2.24, 2.45) is 0 Å². The Balaban J connectivity index is 1.62. The first-order valence-electron chi connectivity index (χ1n) is 7.83. The van der Waals surface area contributed by atoms with Crippen LogP contribution in [0.15, 0.2) is 53.3 Å². The Morgan fingerprint density at radius 3 is 2.88 bits per heavy atom. The fourth-order valence-corrected chi connectivity index (χ4v) is 2.98. The summed E-state index contributed by atoms with van der Waals surface area (Å²) in [5.41, 5.74) is 2.04. The summed E-state index contributed by atoms with van der Waals surface area (Å²) in [6.45, 7) is 1.32. The number of rotatable bonds is 3. The van der Waals surface area contributed by atoms with E-state index in [0.29, 0.717) is 30.7 Å². The average Bonchev–Trinajstić information content (AvgIpc) is 3.07. The quantitative estimate of drug-likeness (QED) is 0.774. The minimum absolute atomic E-state index is 0.0776. The standard InChI is InChI=1S/C18H16N4O2/c23-16(10-12-4-2-1-3-5-12)20-13-6-7-15-14(11-13)17-19-8-9-22(17)18(24)21-15/h1-7,11,19H,8-10H2,(H,20,23). The number of benzene rings is 2. The van der Waals surface area contributed by atoms with Gasteiger partial charge in [0, 0.05) is 24.2 Å². The molecule has 0 saturated heterocycles. The lowest BCUT2D eigenvalue weighted by Gasteiger charge is -2.09. The van der Waals surface area contributed by atoms with E-state index in [2.05, 4.69) is 15.6 Å². The van der Waals surface area contributed by atoms with E-state index in [9.17, 15) is 9.59 Å². The summed E-state index contributed by atoms with van der Waals surface area (Å²) < 4.78 is 1.62. The van der Waals surface area contributed by atoms with Crippen molar-refractivity contribution in [1.29, 1.82) is 0 Å². The zero-order valence-electron chi connectivity index (χ0n) is 13.0. The van der Waals surface area contributed by atoms with Gasteiger partial charge in [-0.25, -0.2) is 4.79 Å². The van der Waals surface area contributed by atoms with E-state index in [1.54, 1.807) is 16.7 Å². The second-order valence-electron chi connectivity index (χ2n) is 5.76. The van der Waals surface area contributed by atoms with Crippen LogP contribution in [0.3, 0.4) is 0 Å². The normalized spacial score (nSPS) is 12.7. The Kier molecular flexibility index (Phi) is 3.49. The lowest BCUT2D eigenvalue weighted by molar-refractivity contribution is -0.115. The lowest BCUT2D eigenvalue weighted by atomic mass is 10.1. The van der Waals surface area contributed by atoms with Crippen LogP contribution in [-0.4, -0.2) is 22.0 Å². The highest BCUT2D eigenvalue weighted by molar-refractivity contribution is 5.97. The van der Waals surface area contributed by atoms with Crippen LogP contribution in [0.2, 0.25) is 0 Å². The molecule has 4 rings (SSSR count). The monoisotopic (exact) mass is 320 g/mol. The van der Waals surface area contributed by atoms with Crippen molar-refractivity contribution in [3.63, 3.8) is 0 Å². The second-order valence-corrected chi connectivity index (χ2v) is 5.76. The van der Waals surface area contributed by atoms with E-state index < -0.39 is 0 Å². The number of nitrogens with one attached hydrogen (secondary N) is 2. The topological polar surface area (TPSA) is 76.0 Å². The summed E-state index contributed by atoms with van der Waals surface area (Å²) >= 11 is 0. The van der Waals surface area contributed by atoms with Crippen molar-refractivity contribution in [3.8, 4) is 0 Å². The molecule has 0 spiro atoms. The summed E-state index contributed by atoms with van der Waals surface area (Å²) in [6.07, 6.45) is 0.321. The Labute approximate surface area is 138 Å². The molecular formula is C18H16N4O2. The number of carbonyl (C=O) groups is 1. The zero-order chi connectivity index (χ0) is 16.5. The molecule has 120 valence electrons. The molecule has 0 bridgehead atoms. The summed E-state index contributed by atoms with van der Waals surface area (Å²) in [7, 11) is 0. The van der Waals surface area contributed by atoms with E-state index in [1.165, 1.54) is 0 Å². The maximum atomic E-state index is 12.2. The third-order valence-electron chi connectivity index (χ3n) is 4.09. The molecule has 0 aliphatic carbocycles. The van der Waals surface area contributed by atoms with Gasteiger partial charge in [-0.1, -0.05) is 30.3 Å². The van der Waals surface area contributed by atoms with Gasteiger partial charge in [0.1, 0.15) is 5.82 Å². The smallest absolute Gasteiger partial charge is 0.349 e. The van der Waals surface area contributed by atoms with E-state index in [0.717, 1.165) is 16.8 Å². The first-order chi connectivity index (χ1) is 11.7. The number of aromatic nitrogens is 2. The van der Waals surface area contributed by atoms with Gasteiger partial charge in [-0.3, -0.25) is 9.36 Å². The Morgan fingerprint density at radius 1 is 1.21 bits per heavy atom. The molecule has 2 heterocycles. The highest BCUT2D eigenvalue weighted by atomic mass is 16.2. The maximum absolute atomic E-state index is 12.2. The highest BCUT2D eigenvalue weighted by Gasteiger charge is 2.16. The summed E-state index contributed by atoms with van der Waals surface area (Å²) in [6, 6.07) is 15.0. The van der Waals surface area contributed by atoms with E-state index in [4.69, 9.17) is 0 Å². The van der Waals surface area contributed by atoms with Crippen molar-refractivity contribution < 1.29 is 4.79 Å². The van der Waals surface area contributed by atoms with Crippen LogP contribution in [0.1, 0.15) is 5.56 Å². The van der Waals surface area contributed by atoms with Crippen LogP contribution in [-0.2, 0) is 17.8 Å². The van der Waals surface area contributed by atoms with Crippen LogP contribution in [0.5, 0.6) is 0 Å². The number of hydrogen-bond donors (Lipinski definition) is 2. The van der Waals surface area contributed by atoms with Crippen LogP contribution in [0, 0.1) is 0 Å². The average molecular weight is 320 g/mol. The van der Waals surface area contributed by atoms with Gasteiger partial charge in [-0.05, 0) is 23.8 Å². The Morgan fingerprint density at radius 2 is 2.04 bits per heavy atom. The third kappa shape index (κ3) is 2.62. The van der Waals surface area contributed by atoms with Crippen molar-refractivity contribution in [2.75, 3.05) is 17.2 Å². The number of nitrogens with zero attached hydrogens (tertiary/aromatic N) is 2. The molecule has 1 aliphatic rings. The molecule has 0 fully saturated rings.